The molecule has 2 amide bonds. The number of amides is 2. The van der Waals surface area contributed by atoms with Crippen molar-refractivity contribution in [2.75, 3.05) is 18.4 Å². The number of nitrogens with one attached hydrogen (secondary N) is 1. The number of aryl methyl sites for hydroxylation is 2. The predicted molar refractivity (Wildman–Crippen MR) is 120 cm³/mol. The fourth-order valence-corrected chi connectivity index (χ4v) is 5.23. The van der Waals surface area contributed by atoms with E-state index >= 15 is 0 Å². The fraction of sp³-hybridized carbons (Fsp3) is 0.520. The number of nitrogens with zero attached hydrogens (tertiary/aromatic N) is 2. The van der Waals surface area contributed by atoms with Crippen LogP contribution in [0.4, 0.5) is 5.69 Å². The third-order valence-corrected chi connectivity index (χ3v) is 6.80. The molecule has 0 spiro atoms. The van der Waals surface area contributed by atoms with Gasteiger partial charge in [0.25, 0.3) is 11.8 Å². The number of hydrogen-bond acceptors (Lipinski definition) is 2. The lowest BCUT2D eigenvalue weighted by atomic mass is 9.95. The van der Waals surface area contributed by atoms with Gasteiger partial charge in [0.05, 0.1) is 16.8 Å². The number of hydrogen-bond donors (Lipinski definition) is 1. The number of likely N-dealkylation sites (tertiary alicyclic amines) is 1. The quantitative estimate of drug-likeness (QED) is 0.737. The van der Waals surface area contributed by atoms with Crippen molar-refractivity contribution in [3.63, 3.8) is 0 Å². The molecule has 5 heteroatoms. The standard InChI is InChI=1S/C25H33N3O2/c1-17-10-9-13-22(23(17)25(30)27-14-7-8-15-27)26-24(29)21-16-18(2)28(19(21)3)20-11-5-4-6-12-20/h9-10,13,16,20H,4-8,11-12,14-15H2,1-3H3,(H,26,29). The number of aromatic nitrogens is 1. The lowest BCUT2D eigenvalue weighted by Gasteiger charge is -2.26. The van der Waals surface area contributed by atoms with Crippen LogP contribution in [0, 0.1) is 20.8 Å². The summed E-state index contributed by atoms with van der Waals surface area (Å²) in [6, 6.07) is 8.17. The van der Waals surface area contributed by atoms with Crippen molar-refractivity contribution in [3.8, 4) is 0 Å². The summed E-state index contributed by atoms with van der Waals surface area (Å²) in [5, 5.41) is 3.06. The molecule has 0 unspecified atom stereocenters. The molecule has 1 aromatic heterocycles. The monoisotopic (exact) mass is 407 g/mol. The summed E-state index contributed by atoms with van der Waals surface area (Å²) < 4.78 is 2.35. The lowest BCUT2D eigenvalue weighted by Crippen LogP contribution is -2.29. The molecule has 2 heterocycles. The second-order valence-electron chi connectivity index (χ2n) is 8.90. The molecule has 160 valence electrons. The van der Waals surface area contributed by atoms with Crippen LogP contribution in [0.25, 0.3) is 0 Å². The minimum Gasteiger partial charge on any atom is -0.345 e. The SMILES string of the molecule is Cc1cccc(NC(=O)c2cc(C)n(C3CCCCC3)c2C)c1C(=O)N1CCCC1. The predicted octanol–water partition coefficient (Wildman–Crippen LogP) is 5.41. The highest BCUT2D eigenvalue weighted by atomic mass is 16.2. The third-order valence-electron chi connectivity index (χ3n) is 6.80. The summed E-state index contributed by atoms with van der Waals surface area (Å²) in [5.74, 6) is -0.111. The molecule has 2 fully saturated rings. The number of carbonyl (C=O) groups excluding carboxylic acids is 2. The zero-order valence-corrected chi connectivity index (χ0v) is 18.5. The number of carbonyl (C=O) groups is 2. The maximum atomic E-state index is 13.2. The second kappa shape index (κ2) is 8.66. The van der Waals surface area contributed by atoms with Gasteiger partial charge in [-0.1, -0.05) is 31.4 Å². The second-order valence-corrected chi connectivity index (χ2v) is 8.90. The molecule has 0 bridgehead atoms. The van der Waals surface area contributed by atoms with Crippen molar-refractivity contribution >= 4 is 17.5 Å². The molecule has 0 radical (unpaired) electrons. The van der Waals surface area contributed by atoms with E-state index in [0.717, 1.165) is 42.9 Å². The minimum atomic E-state index is -0.133. The normalized spacial score (nSPS) is 17.4. The van der Waals surface area contributed by atoms with Crippen LogP contribution >= 0.6 is 0 Å². The first-order valence-electron chi connectivity index (χ1n) is 11.4. The smallest absolute Gasteiger partial charge is 0.257 e. The van der Waals surface area contributed by atoms with Gasteiger partial charge in [0.2, 0.25) is 0 Å². The summed E-state index contributed by atoms with van der Waals surface area (Å²) >= 11 is 0. The fourth-order valence-electron chi connectivity index (χ4n) is 5.23. The van der Waals surface area contributed by atoms with Gasteiger partial charge in [-0.15, -0.1) is 0 Å². The molecule has 5 nitrogen and oxygen atoms in total. The van der Waals surface area contributed by atoms with Crippen LogP contribution in [0.3, 0.4) is 0 Å². The Kier molecular flexibility index (Phi) is 5.98. The first-order valence-corrected chi connectivity index (χ1v) is 11.4. The molecular formula is C25H33N3O2. The number of rotatable bonds is 4. The Hall–Kier alpha value is -2.56. The average molecular weight is 408 g/mol. The van der Waals surface area contributed by atoms with Crippen LogP contribution in [-0.2, 0) is 0 Å². The van der Waals surface area contributed by atoms with Crippen molar-refractivity contribution < 1.29 is 9.59 Å². The largest absolute Gasteiger partial charge is 0.345 e. The molecule has 1 saturated heterocycles. The van der Waals surface area contributed by atoms with Gasteiger partial charge in [-0.3, -0.25) is 9.59 Å². The molecule has 0 atom stereocenters. The zero-order valence-electron chi connectivity index (χ0n) is 18.5. The summed E-state index contributed by atoms with van der Waals surface area (Å²) in [6.45, 7) is 7.66. The summed E-state index contributed by atoms with van der Waals surface area (Å²) in [4.78, 5) is 28.2. The Morgan fingerprint density at radius 2 is 1.67 bits per heavy atom. The molecule has 1 saturated carbocycles. The third kappa shape index (κ3) is 3.90. The van der Waals surface area contributed by atoms with Crippen LogP contribution in [0.1, 0.15) is 88.7 Å². The van der Waals surface area contributed by atoms with E-state index < -0.39 is 0 Å². The van der Waals surface area contributed by atoms with Gasteiger partial charge in [0.1, 0.15) is 0 Å². The Morgan fingerprint density at radius 1 is 0.967 bits per heavy atom. The average Bonchev–Trinajstić information content (AvgIpc) is 3.37. The van der Waals surface area contributed by atoms with Crippen molar-refractivity contribution in [2.24, 2.45) is 0 Å². The van der Waals surface area contributed by atoms with E-state index in [2.05, 4.69) is 16.8 Å². The number of benzene rings is 1. The maximum absolute atomic E-state index is 13.2. The van der Waals surface area contributed by atoms with E-state index in [4.69, 9.17) is 0 Å². The van der Waals surface area contributed by atoms with E-state index in [1.54, 1.807) is 0 Å². The highest BCUT2D eigenvalue weighted by Gasteiger charge is 2.26. The molecule has 2 aliphatic rings. The molecular weight excluding hydrogens is 374 g/mol. The van der Waals surface area contributed by atoms with Crippen LogP contribution in [-0.4, -0.2) is 34.4 Å². The molecule has 1 aliphatic carbocycles. The van der Waals surface area contributed by atoms with Crippen molar-refractivity contribution in [2.45, 2.75) is 71.8 Å². The van der Waals surface area contributed by atoms with E-state index in [1.165, 1.54) is 32.1 Å². The summed E-state index contributed by atoms with van der Waals surface area (Å²) in [5.41, 5.74) is 5.00. The molecule has 1 N–H and O–H groups in total. The highest BCUT2D eigenvalue weighted by molar-refractivity contribution is 6.10. The van der Waals surface area contributed by atoms with Crippen LogP contribution in [0.5, 0.6) is 0 Å². The molecule has 4 rings (SSSR count). The van der Waals surface area contributed by atoms with Crippen LogP contribution in [0.2, 0.25) is 0 Å². The van der Waals surface area contributed by atoms with E-state index in [-0.39, 0.29) is 11.8 Å². The molecule has 2 aromatic rings. The van der Waals surface area contributed by atoms with Gasteiger partial charge in [0, 0.05) is 30.5 Å². The topological polar surface area (TPSA) is 54.3 Å². The summed E-state index contributed by atoms with van der Waals surface area (Å²) in [7, 11) is 0. The van der Waals surface area contributed by atoms with Gasteiger partial charge in [-0.25, -0.2) is 0 Å². The number of anilines is 1. The maximum Gasteiger partial charge on any atom is 0.257 e. The van der Waals surface area contributed by atoms with E-state index in [0.29, 0.717) is 22.9 Å². The summed E-state index contributed by atoms with van der Waals surface area (Å²) in [6.07, 6.45) is 8.29. The van der Waals surface area contributed by atoms with E-state index in [9.17, 15) is 9.59 Å². The van der Waals surface area contributed by atoms with Crippen LogP contribution < -0.4 is 5.32 Å². The van der Waals surface area contributed by atoms with Crippen molar-refractivity contribution in [1.29, 1.82) is 0 Å². The Balaban J connectivity index is 1.60. The van der Waals surface area contributed by atoms with Gasteiger partial charge >= 0.3 is 0 Å². The van der Waals surface area contributed by atoms with Crippen molar-refractivity contribution in [3.05, 3.63) is 52.3 Å². The van der Waals surface area contributed by atoms with Gasteiger partial charge < -0.3 is 14.8 Å². The molecule has 30 heavy (non-hydrogen) atoms. The van der Waals surface area contributed by atoms with E-state index in [1.807, 2.05) is 43.0 Å². The Labute approximate surface area is 179 Å². The molecule has 1 aliphatic heterocycles. The lowest BCUT2D eigenvalue weighted by molar-refractivity contribution is 0.0793. The van der Waals surface area contributed by atoms with Crippen molar-refractivity contribution in [1.82, 2.24) is 9.47 Å². The first kappa shape index (κ1) is 20.7. The first-order chi connectivity index (χ1) is 14.5. The van der Waals surface area contributed by atoms with Gasteiger partial charge in [-0.2, -0.15) is 0 Å². The Morgan fingerprint density at radius 3 is 2.37 bits per heavy atom. The zero-order chi connectivity index (χ0) is 21.3. The van der Waals surface area contributed by atoms with Gasteiger partial charge in [0.15, 0.2) is 0 Å². The highest BCUT2D eigenvalue weighted by Crippen LogP contribution is 2.32. The van der Waals surface area contributed by atoms with Crippen LogP contribution in [0.15, 0.2) is 24.3 Å². The Bertz CT molecular complexity index is 948. The minimum absolute atomic E-state index is 0.0218. The molecule has 1 aromatic carbocycles. The van der Waals surface area contributed by atoms with Gasteiger partial charge in [-0.05, 0) is 64.2 Å².